The number of rotatable bonds is 2. The van der Waals surface area contributed by atoms with Crippen LogP contribution >= 0.6 is 0 Å². The summed E-state index contributed by atoms with van der Waals surface area (Å²) in [7, 11) is 0. The van der Waals surface area contributed by atoms with E-state index in [4.69, 9.17) is 5.11 Å². The molecule has 0 bridgehead atoms. The van der Waals surface area contributed by atoms with Crippen LogP contribution < -0.4 is 0 Å². The summed E-state index contributed by atoms with van der Waals surface area (Å²) < 4.78 is 0. The molecule has 0 amide bonds. The van der Waals surface area contributed by atoms with Gasteiger partial charge in [-0.3, -0.25) is 10.1 Å². The van der Waals surface area contributed by atoms with Crippen molar-refractivity contribution in [2.75, 3.05) is 0 Å². The largest absolute Gasteiger partial charge is 0.508 e. The highest BCUT2D eigenvalue weighted by Crippen LogP contribution is 2.33. The molecule has 5 nitrogen and oxygen atoms in total. The average molecular weight is 231 g/mol. The highest BCUT2D eigenvalue weighted by molar-refractivity contribution is 5.72. The molecule has 0 saturated heterocycles. The molecule has 0 atom stereocenters. The summed E-state index contributed by atoms with van der Waals surface area (Å²) in [6, 6.07) is 9.87. The van der Waals surface area contributed by atoms with Crippen LogP contribution in [0.3, 0.4) is 0 Å². The summed E-state index contributed by atoms with van der Waals surface area (Å²) in [4.78, 5) is 10.1. The van der Waals surface area contributed by atoms with Crippen LogP contribution in [0.25, 0.3) is 11.1 Å². The number of non-ortho nitro benzene ring substituents is 1. The highest BCUT2D eigenvalue weighted by atomic mass is 16.6. The van der Waals surface area contributed by atoms with E-state index >= 15 is 0 Å². The topological polar surface area (TPSA) is 83.6 Å². The lowest BCUT2D eigenvalue weighted by Crippen LogP contribution is -1.88. The second kappa shape index (κ2) is 4.13. The Morgan fingerprint density at radius 1 is 1.00 bits per heavy atom. The Bertz CT molecular complexity index is 563. The molecule has 0 aliphatic heterocycles. The summed E-state index contributed by atoms with van der Waals surface area (Å²) in [5, 5.41) is 29.4. The molecule has 0 unspecified atom stereocenters. The second-order valence-corrected chi connectivity index (χ2v) is 3.51. The second-order valence-electron chi connectivity index (χ2n) is 3.51. The van der Waals surface area contributed by atoms with Crippen molar-refractivity contribution in [1.82, 2.24) is 0 Å². The normalized spacial score (nSPS) is 10.1. The molecule has 2 aromatic rings. The van der Waals surface area contributed by atoms with Gasteiger partial charge in [0.25, 0.3) is 5.69 Å². The Kier molecular flexibility index (Phi) is 2.66. The first kappa shape index (κ1) is 10.9. The highest BCUT2D eigenvalue weighted by Gasteiger charge is 2.11. The number of aromatic hydroxyl groups is 2. The molecule has 2 N–H and O–H groups in total. The third kappa shape index (κ3) is 2.17. The number of hydrogen-bond acceptors (Lipinski definition) is 4. The number of hydrogen-bond donors (Lipinski definition) is 2. The molecule has 0 spiro atoms. The lowest BCUT2D eigenvalue weighted by molar-refractivity contribution is -0.384. The molecule has 0 aliphatic rings. The third-order valence-corrected chi connectivity index (χ3v) is 2.37. The molecule has 2 aromatic carbocycles. The van der Waals surface area contributed by atoms with Crippen LogP contribution in [0.1, 0.15) is 0 Å². The minimum absolute atomic E-state index is 0.0405. The van der Waals surface area contributed by atoms with E-state index in [1.807, 2.05) is 0 Å². The number of nitro benzene ring substituents is 1. The van der Waals surface area contributed by atoms with Crippen molar-refractivity contribution in [3.05, 3.63) is 52.6 Å². The fourth-order valence-electron chi connectivity index (χ4n) is 1.51. The van der Waals surface area contributed by atoms with Crippen LogP contribution in [0.15, 0.2) is 42.5 Å². The van der Waals surface area contributed by atoms with Gasteiger partial charge in [0.1, 0.15) is 11.5 Å². The number of benzene rings is 2. The van der Waals surface area contributed by atoms with Crippen LogP contribution in [0.5, 0.6) is 11.5 Å². The number of nitro groups is 1. The predicted molar refractivity (Wildman–Crippen MR) is 61.9 cm³/mol. The molecule has 5 heteroatoms. The summed E-state index contributed by atoms with van der Waals surface area (Å²) in [6.07, 6.45) is 0. The van der Waals surface area contributed by atoms with Gasteiger partial charge in [-0.2, -0.15) is 0 Å². The van der Waals surface area contributed by atoms with Crippen molar-refractivity contribution in [3.63, 3.8) is 0 Å². The van der Waals surface area contributed by atoms with E-state index in [0.717, 1.165) is 0 Å². The molecule has 0 heterocycles. The lowest BCUT2D eigenvalue weighted by atomic mass is 10.0. The number of phenolic OH excluding ortho intramolecular Hbond substituents is 2. The molecule has 2 rings (SSSR count). The van der Waals surface area contributed by atoms with Gasteiger partial charge < -0.3 is 10.2 Å². The lowest BCUT2D eigenvalue weighted by Gasteiger charge is -2.04. The van der Waals surface area contributed by atoms with Gasteiger partial charge in [-0.1, -0.05) is 12.1 Å². The van der Waals surface area contributed by atoms with Gasteiger partial charge in [0.15, 0.2) is 0 Å². The van der Waals surface area contributed by atoms with Crippen molar-refractivity contribution in [1.29, 1.82) is 0 Å². The van der Waals surface area contributed by atoms with Gasteiger partial charge in [-0.05, 0) is 23.8 Å². The summed E-state index contributed by atoms with van der Waals surface area (Å²) in [5.74, 6) is 0.0555. The Morgan fingerprint density at radius 3 is 2.24 bits per heavy atom. The van der Waals surface area contributed by atoms with Crippen molar-refractivity contribution in [3.8, 4) is 22.6 Å². The molecule has 17 heavy (non-hydrogen) atoms. The van der Waals surface area contributed by atoms with Gasteiger partial charge in [-0.25, -0.2) is 0 Å². The molecule has 0 fully saturated rings. The maximum absolute atomic E-state index is 10.6. The fourth-order valence-corrected chi connectivity index (χ4v) is 1.51. The molecular formula is C12H9NO4. The van der Waals surface area contributed by atoms with Crippen molar-refractivity contribution in [2.24, 2.45) is 0 Å². The minimum atomic E-state index is -0.524. The average Bonchev–Trinajstić information content (AvgIpc) is 2.31. The summed E-state index contributed by atoms with van der Waals surface area (Å²) in [6.45, 7) is 0. The molecule has 0 radical (unpaired) electrons. The Balaban J connectivity index is 2.54. The SMILES string of the molecule is O=[N+]([O-])c1ccc(O)c(-c2ccc(O)cc2)c1. The first-order valence-electron chi connectivity index (χ1n) is 4.85. The van der Waals surface area contributed by atoms with Crippen LogP contribution in [-0.2, 0) is 0 Å². The fraction of sp³-hybridized carbons (Fsp3) is 0. The van der Waals surface area contributed by atoms with Crippen LogP contribution in [-0.4, -0.2) is 15.1 Å². The summed E-state index contributed by atoms with van der Waals surface area (Å²) >= 11 is 0. The molecule has 0 aromatic heterocycles. The van der Waals surface area contributed by atoms with Crippen LogP contribution in [0.2, 0.25) is 0 Å². The third-order valence-electron chi connectivity index (χ3n) is 2.37. The van der Waals surface area contributed by atoms with Crippen LogP contribution in [0, 0.1) is 10.1 Å². The predicted octanol–water partition coefficient (Wildman–Crippen LogP) is 2.67. The van der Waals surface area contributed by atoms with Gasteiger partial charge in [0.05, 0.1) is 4.92 Å². The first-order valence-corrected chi connectivity index (χ1v) is 4.85. The van der Waals surface area contributed by atoms with Crippen LogP contribution in [0.4, 0.5) is 5.69 Å². The first-order chi connectivity index (χ1) is 8.08. The Labute approximate surface area is 96.7 Å². The monoisotopic (exact) mass is 231 g/mol. The van der Waals surface area contributed by atoms with E-state index in [2.05, 4.69) is 0 Å². The Hall–Kier alpha value is -2.56. The molecular weight excluding hydrogens is 222 g/mol. The maximum Gasteiger partial charge on any atom is 0.270 e. The van der Waals surface area contributed by atoms with Gasteiger partial charge in [0, 0.05) is 17.7 Å². The standard InChI is InChI=1S/C12H9NO4/c14-10-4-1-8(2-5-10)11-7-9(13(16)17)3-6-12(11)15/h1-7,14-15H. The molecule has 0 saturated carbocycles. The quantitative estimate of drug-likeness (QED) is 0.614. The van der Waals surface area contributed by atoms with E-state index in [9.17, 15) is 15.2 Å². The zero-order chi connectivity index (χ0) is 12.4. The van der Waals surface area contributed by atoms with E-state index in [-0.39, 0.29) is 17.2 Å². The van der Waals surface area contributed by atoms with E-state index in [1.165, 1.54) is 30.3 Å². The van der Waals surface area contributed by atoms with Crippen molar-refractivity contribution in [2.45, 2.75) is 0 Å². The van der Waals surface area contributed by atoms with Gasteiger partial charge in [0.2, 0.25) is 0 Å². The maximum atomic E-state index is 10.6. The van der Waals surface area contributed by atoms with E-state index in [1.54, 1.807) is 12.1 Å². The minimum Gasteiger partial charge on any atom is -0.508 e. The zero-order valence-corrected chi connectivity index (χ0v) is 8.70. The number of phenols is 2. The zero-order valence-electron chi connectivity index (χ0n) is 8.70. The van der Waals surface area contributed by atoms with E-state index < -0.39 is 4.92 Å². The smallest absolute Gasteiger partial charge is 0.270 e. The molecule has 0 aliphatic carbocycles. The van der Waals surface area contributed by atoms with Gasteiger partial charge in [-0.15, -0.1) is 0 Å². The Morgan fingerprint density at radius 2 is 1.65 bits per heavy atom. The summed E-state index contributed by atoms with van der Waals surface area (Å²) in [5.41, 5.74) is 0.870. The van der Waals surface area contributed by atoms with Crippen molar-refractivity contribution >= 4 is 5.69 Å². The van der Waals surface area contributed by atoms with E-state index in [0.29, 0.717) is 11.1 Å². The van der Waals surface area contributed by atoms with Gasteiger partial charge >= 0.3 is 0 Å². The molecule has 86 valence electrons. The number of nitrogens with zero attached hydrogens (tertiary/aromatic N) is 1. The van der Waals surface area contributed by atoms with Crippen molar-refractivity contribution < 1.29 is 15.1 Å².